The van der Waals surface area contributed by atoms with Gasteiger partial charge in [-0.1, -0.05) is 18.2 Å². The van der Waals surface area contributed by atoms with Gasteiger partial charge in [-0.3, -0.25) is 19.8 Å². The number of carbonyl (C=O) groups is 2. The smallest absolute Gasteiger partial charge is 0.270 e. The Bertz CT molecular complexity index is 997. The number of aromatic hydroxyl groups is 1. The first kappa shape index (κ1) is 18.6. The van der Waals surface area contributed by atoms with Crippen molar-refractivity contribution in [3.8, 4) is 11.5 Å². The SMILES string of the molecule is COc1cc(C=C2C(=O)NC(=S)N(c3cc(C)ccc3C)C2=O)ccc1O. The number of phenolic OH excluding ortho intramolecular Hbond substituents is 1. The number of thiocarbonyl (C=S) groups is 1. The largest absolute Gasteiger partial charge is 0.504 e. The van der Waals surface area contributed by atoms with Crippen LogP contribution in [-0.4, -0.2) is 29.1 Å². The number of phenols is 1. The van der Waals surface area contributed by atoms with E-state index in [0.717, 1.165) is 11.1 Å². The Morgan fingerprint density at radius 2 is 1.89 bits per heavy atom. The molecule has 0 aromatic heterocycles. The summed E-state index contributed by atoms with van der Waals surface area (Å²) in [5.41, 5.74) is 2.93. The highest BCUT2D eigenvalue weighted by Gasteiger charge is 2.35. The fourth-order valence-electron chi connectivity index (χ4n) is 2.79. The Morgan fingerprint density at radius 3 is 2.59 bits per heavy atom. The highest BCUT2D eigenvalue weighted by molar-refractivity contribution is 7.80. The maximum Gasteiger partial charge on any atom is 0.270 e. The second-order valence-electron chi connectivity index (χ2n) is 6.18. The summed E-state index contributed by atoms with van der Waals surface area (Å²) in [6.07, 6.45) is 1.44. The van der Waals surface area contributed by atoms with Crippen molar-refractivity contribution in [2.75, 3.05) is 12.0 Å². The highest BCUT2D eigenvalue weighted by Crippen LogP contribution is 2.29. The van der Waals surface area contributed by atoms with E-state index in [1.54, 1.807) is 6.07 Å². The van der Waals surface area contributed by atoms with E-state index >= 15 is 0 Å². The lowest BCUT2D eigenvalue weighted by atomic mass is 10.0. The molecule has 2 amide bonds. The van der Waals surface area contributed by atoms with Crippen molar-refractivity contribution < 1.29 is 19.4 Å². The molecule has 1 aliphatic heterocycles. The van der Waals surface area contributed by atoms with E-state index in [1.165, 1.54) is 30.2 Å². The molecule has 0 spiro atoms. The van der Waals surface area contributed by atoms with Crippen LogP contribution in [0.15, 0.2) is 42.0 Å². The van der Waals surface area contributed by atoms with Gasteiger partial charge in [0.25, 0.3) is 11.8 Å². The molecule has 138 valence electrons. The zero-order chi connectivity index (χ0) is 19.7. The van der Waals surface area contributed by atoms with Crippen molar-refractivity contribution in [1.29, 1.82) is 0 Å². The standard InChI is InChI=1S/C20H18N2O4S/c1-11-4-5-12(2)15(8-11)22-19(25)14(18(24)21-20(22)27)9-13-6-7-16(23)17(10-13)26-3/h4-10,23H,1-3H3,(H,21,24,27). The van der Waals surface area contributed by atoms with Gasteiger partial charge in [0, 0.05) is 0 Å². The molecule has 2 aromatic rings. The number of anilines is 1. The summed E-state index contributed by atoms with van der Waals surface area (Å²) in [7, 11) is 1.42. The fraction of sp³-hybridized carbons (Fsp3) is 0.150. The fourth-order valence-corrected chi connectivity index (χ4v) is 3.06. The predicted octanol–water partition coefficient (Wildman–Crippen LogP) is 2.85. The molecule has 1 aliphatic rings. The molecule has 0 atom stereocenters. The number of ether oxygens (including phenoxy) is 1. The number of methoxy groups -OCH3 is 1. The summed E-state index contributed by atoms with van der Waals surface area (Å²) in [6.45, 7) is 3.79. The molecule has 1 heterocycles. The number of aryl methyl sites for hydroxylation is 2. The number of benzene rings is 2. The summed E-state index contributed by atoms with van der Waals surface area (Å²) in [5, 5.41) is 12.3. The van der Waals surface area contributed by atoms with Gasteiger partial charge >= 0.3 is 0 Å². The van der Waals surface area contributed by atoms with Crippen LogP contribution in [-0.2, 0) is 9.59 Å². The topological polar surface area (TPSA) is 78.9 Å². The van der Waals surface area contributed by atoms with Gasteiger partial charge in [0.05, 0.1) is 12.8 Å². The normalized spacial score (nSPS) is 15.9. The van der Waals surface area contributed by atoms with Gasteiger partial charge in [0.2, 0.25) is 0 Å². The van der Waals surface area contributed by atoms with Crippen LogP contribution < -0.4 is 15.0 Å². The molecular formula is C20H18N2O4S. The molecule has 0 bridgehead atoms. The molecule has 6 nitrogen and oxygen atoms in total. The lowest BCUT2D eigenvalue weighted by Gasteiger charge is -2.30. The van der Waals surface area contributed by atoms with Crippen molar-refractivity contribution >= 4 is 40.9 Å². The second-order valence-corrected chi connectivity index (χ2v) is 6.57. The summed E-state index contributed by atoms with van der Waals surface area (Å²) in [6, 6.07) is 10.2. The number of nitrogens with zero attached hydrogens (tertiary/aromatic N) is 1. The zero-order valence-electron chi connectivity index (χ0n) is 15.1. The average Bonchev–Trinajstić information content (AvgIpc) is 2.62. The first-order chi connectivity index (χ1) is 12.8. The van der Waals surface area contributed by atoms with E-state index in [0.29, 0.717) is 11.3 Å². The van der Waals surface area contributed by atoms with E-state index in [9.17, 15) is 14.7 Å². The molecule has 0 saturated carbocycles. The highest BCUT2D eigenvalue weighted by atomic mass is 32.1. The second kappa shape index (κ2) is 7.20. The number of nitrogens with one attached hydrogen (secondary N) is 1. The van der Waals surface area contributed by atoms with Gasteiger partial charge in [-0.2, -0.15) is 0 Å². The van der Waals surface area contributed by atoms with E-state index < -0.39 is 11.8 Å². The van der Waals surface area contributed by atoms with Crippen LogP contribution in [0.4, 0.5) is 5.69 Å². The van der Waals surface area contributed by atoms with Gasteiger partial charge in [0.15, 0.2) is 16.6 Å². The summed E-state index contributed by atoms with van der Waals surface area (Å²) in [4.78, 5) is 26.8. The summed E-state index contributed by atoms with van der Waals surface area (Å²) < 4.78 is 5.07. The number of hydrogen-bond acceptors (Lipinski definition) is 5. The molecule has 0 unspecified atom stereocenters. The Labute approximate surface area is 162 Å². The van der Waals surface area contributed by atoms with Crippen molar-refractivity contribution in [2.24, 2.45) is 0 Å². The van der Waals surface area contributed by atoms with Crippen LogP contribution >= 0.6 is 12.2 Å². The average molecular weight is 382 g/mol. The van der Waals surface area contributed by atoms with Crippen LogP contribution in [0.1, 0.15) is 16.7 Å². The van der Waals surface area contributed by atoms with E-state index in [2.05, 4.69) is 5.32 Å². The number of hydrogen-bond donors (Lipinski definition) is 2. The summed E-state index contributed by atoms with van der Waals surface area (Å²) in [5.74, 6) is -0.865. The number of rotatable bonds is 3. The molecule has 1 fully saturated rings. The minimum absolute atomic E-state index is 0.0303. The number of carbonyl (C=O) groups excluding carboxylic acids is 2. The molecule has 7 heteroatoms. The monoisotopic (exact) mass is 382 g/mol. The van der Waals surface area contributed by atoms with Crippen LogP contribution in [0.25, 0.3) is 6.08 Å². The predicted molar refractivity (Wildman–Crippen MR) is 107 cm³/mol. The molecule has 27 heavy (non-hydrogen) atoms. The third-order valence-corrected chi connectivity index (χ3v) is 4.51. The third kappa shape index (κ3) is 3.54. The van der Waals surface area contributed by atoms with Gasteiger partial charge in [-0.25, -0.2) is 0 Å². The van der Waals surface area contributed by atoms with E-state index in [4.69, 9.17) is 17.0 Å². The Hall–Kier alpha value is -3.19. The molecule has 0 aliphatic carbocycles. The molecule has 3 rings (SSSR count). The minimum Gasteiger partial charge on any atom is -0.504 e. The lowest BCUT2D eigenvalue weighted by molar-refractivity contribution is -0.122. The Balaban J connectivity index is 2.06. The Kier molecular flexibility index (Phi) is 4.96. The maximum atomic E-state index is 13.1. The third-order valence-electron chi connectivity index (χ3n) is 4.22. The quantitative estimate of drug-likeness (QED) is 0.485. The minimum atomic E-state index is -0.571. The van der Waals surface area contributed by atoms with Gasteiger partial charge in [-0.15, -0.1) is 0 Å². The zero-order valence-corrected chi connectivity index (χ0v) is 15.9. The van der Waals surface area contributed by atoms with Crippen LogP contribution in [0, 0.1) is 13.8 Å². The first-order valence-corrected chi connectivity index (χ1v) is 8.58. The van der Waals surface area contributed by atoms with Gasteiger partial charge in [0.1, 0.15) is 5.57 Å². The van der Waals surface area contributed by atoms with Crippen molar-refractivity contribution in [3.05, 3.63) is 58.7 Å². The molecule has 1 saturated heterocycles. The van der Waals surface area contributed by atoms with Crippen molar-refractivity contribution in [1.82, 2.24) is 5.32 Å². The van der Waals surface area contributed by atoms with Crippen molar-refractivity contribution in [2.45, 2.75) is 13.8 Å². The van der Waals surface area contributed by atoms with Gasteiger partial charge in [-0.05, 0) is 67.0 Å². The van der Waals surface area contributed by atoms with Crippen LogP contribution in [0.3, 0.4) is 0 Å². The summed E-state index contributed by atoms with van der Waals surface area (Å²) >= 11 is 5.23. The molecule has 2 N–H and O–H groups in total. The molecular weight excluding hydrogens is 364 g/mol. The molecule has 0 radical (unpaired) electrons. The lowest BCUT2D eigenvalue weighted by Crippen LogP contribution is -2.54. The number of amides is 2. The molecule has 2 aromatic carbocycles. The van der Waals surface area contributed by atoms with Crippen LogP contribution in [0.5, 0.6) is 11.5 Å². The van der Waals surface area contributed by atoms with E-state index in [-0.39, 0.29) is 22.2 Å². The van der Waals surface area contributed by atoms with Gasteiger partial charge < -0.3 is 9.84 Å². The van der Waals surface area contributed by atoms with Crippen LogP contribution in [0.2, 0.25) is 0 Å². The first-order valence-electron chi connectivity index (χ1n) is 8.17. The Morgan fingerprint density at radius 1 is 1.15 bits per heavy atom. The van der Waals surface area contributed by atoms with Crippen molar-refractivity contribution in [3.63, 3.8) is 0 Å². The maximum absolute atomic E-state index is 13.1. The van der Waals surface area contributed by atoms with E-state index in [1.807, 2.05) is 32.0 Å².